The van der Waals surface area contributed by atoms with Gasteiger partial charge in [0.05, 0.1) is 0 Å². The molecule has 0 aliphatic carbocycles. The minimum absolute atomic E-state index is 0.00573. The summed E-state index contributed by atoms with van der Waals surface area (Å²) in [5.41, 5.74) is 0.465. The summed E-state index contributed by atoms with van der Waals surface area (Å²) in [6.45, 7) is 8.27. The number of aromatic nitrogens is 2. The average molecular weight is 306 g/mol. The van der Waals surface area contributed by atoms with Gasteiger partial charge >= 0.3 is 0 Å². The Bertz CT molecular complexity index is 485. The van der Waals surface area contributed by atoms with Crippen molar-refractivity contribution in [1.29, 1.82) is 0 Å². The van der Waals surface area contributed by atoms with Crippen molar-refractivity contribution in [2.45, 2.75) is 6.92 Å². The molecule has 0 atom stereocenters. The molecule has 7 nitrogen and oxygen atoms in total. The van der Waals surface area contributed by atoms with Gasteiger partial charge in [0.2, 0.25) is 0 Å². The summed E-state index contributed by atoms with van der Waals surface area (Å²) in [5, 5.41) is 3.22. The van der Waals surface area contributed by atoms with E-state index in [9.17, 15) is 4.79 Å². The second kappa shape index (κ2) is 8.05. The van der Waals surface area contributed by atoms with Gasteiger partial charge in [-0.05, 0) is 20.6 Å². The molecule has 2 rings (SSSR count). The van der Waals surface area contributed by atoms with Gasteiger partial charge in [0.1, 0.15) is 17.8 Å². The van der Waals surface area contributed by atoms with Crippen LogP contribution in [0.1, 0.15) is 17.4 Å². The molecule has 0 spiro atoms. The highest BCUT2D eigenvalue weighted by atomic mass is 16.2. The highest BCUT2D eigenvalue weighted by molar-refractivity contribution is 5.93. The van der Waals surface area contributed by atoms with Gasteiger partial charge in [-0.3, -0.25) is 4.79 Å². The Hall–Kier alpha value is -1.73. The number of carbonyl (C=O) groups excluding carboxylic acids is 1. The maximum absolute atomic E-state index is 12.5. The molecule has 0 bridgehead atoms. The van der Waals surface area contributed by atoms with Gasteiger partial charge in [-0.1, -0.05) is 6.92 Å². The Morgan fingerprint density at radius 3 is 2.64 bits per heavy atom. The van der Waals surface area contributed by atoms with Crippen molar-refractivity contribution in [3.63, 3.8) is 0 Å². The second-order valence-corrected chi connectivity index (χ2v) is 5.75. The van der Waals surface area contributed by atoms with Crippen molar-refractivity contribution >= 4 is 11.7 Å². The summed E-state index contributed by atoms with van der Waals surface area (Å²) in [7, 11) is 4.04. The molecule has 0 unspecified atom stereocenters. The zero-order valence-corrected chi connectivity index (χ0v) is 13.7. The summed E-state index contributed by atoms with van der Waals surface area (Å²) in [5.74, 6) is 0.696. The molecule has 0 saturated carbocycles. The van der Waals surface area contributed by atoms with Gasteiger partial charge in [0, 0.05) is 45.3 Å². The molecule has 1 aromatic rings. The van der Waals surface area contributed by atoms with E-state index in [1.54, 1.807) is 6.07 Å². The first kappa shape index (κ1) is 16.6. The van der Waals surface area contributed by atoms with Crippen molar-refractivity contribution in [3.05, 3.63) is 18.1 Å². The summed E-state index contributed by atoms with van der Waals surface area (Å²) >= 11 is 0. The third kappa shape index (κ3) is 4.64. The lowest BCUT2D eigenvalue weighted by Crippen LogP contribution is -2.48. The molecule has 1 fully saturated rings. The minimum atomic E-state index is -0.00573. The Kier molecular flexibility index (Phi) is 6.09. The maximum atomic E-state index is 12.5. The number of amides is 1. The zero-order valence-electron chi connectivity index (χ0n) is 13.7. The van der Waals surface area contributed by atoms with E-state index in [0.29, 0.717) is 11.5 Å². The Labute approximate surface area is 132 Å². The number of hydrogen-bond acceptors (Lipinski definition) is 6. The van der Waals surface area contributed by atoms with Gasteiger partial charge in [0.15, 0.2) is 0 Å². The van der Waals surface area contributed by atoms with Gasteiger partial charge < -0.3 is 20.0 Å². The number of likely N-dealkylation sites (N-methyl/N-ethyl adjacent to an activating group) is 2. The Balaban J connectivity index is 1.92. The van der Waals surface area contributed by atoms with Gasteiger partial charge in [0.25, 0.3) is 5.91 Å². The van der Waals surface area contributed by atoms with Crippen LogP contribution in [0.4, 0.5) is 5.82 Å². The summed E-state index contributed by atoms with van der Waals surface area (Å²) in [4.78, 5) is 27.1. The molecule has 1 amide bonds. The van der Waals surface area contributed by atoms with Gasteiger partial charge in [-0.2, -0.15) is 0 Å². The smallest absolute Gasteiger partial charge is 0.272 e. The van der Waals surface area contributed by atoms with Crippen molar-refractivity contribution in [1.82, 2.24) is 24.7 Å². The van der Waals surface area contributed by atoms with E-state index in [4.69, 9.17) is 0 Å². The highest BCUT2D eigenvalue weighted by Gasteiger charge is 2.22. The van der Waals surface area contributed by atoms with Crippen LogP contribution in [0.3, 0.4) is 0 Å². The van der Waals surface area contributed by atoms with Crippen LogP contribution < -0.4 is 5.32 Å². The van der Waals surface area contributed by atoms with Crippen LogP contribution in [-0.2, 0) is 0 Å². The first-order valence-electron chi connectivity index (χ1n) is 7.82. The van der Waals surface area contributed by atoms with Crippen LogP contribution in [0.15, 0.2) is 12.4 Å². The highest BCUT2D eigenvalue weighted by Crippen LogP contribution is 2.09. The van der Waals surface area contributed by atoms with E-state index in [2.05, 4.69) is 32.0 Å². The molecule has 2 heterocycles. The standard InChI is InChI=1S/C15H26N6O/c1-4-20-7-9-21(10-8-20)15(22)13-11-14(18-12-17-13)16-5-6-19(2)3/h11-12H,4-10H2,1-3H3,(H,16,17,18). The van der Waals surface area contributed by atoms with E-state index in [1.807, 2.05) is 19.0 Å². The normalized spacial score (nSPS) is 16.1. The number of hydrogen-bond donors (Lipinski definition) is 1. The Morgan fingerprint density at radius 2 is 2.00 bits per heavy atom. The predicted molar refractivity (Wildman–Crippen MR) is 87.1 cm³/mol. The zero-order chi connectivity index (χ0) is 15.9. The number of nitrogens with one attached hydrogen (secondary N) is 1. The first-order valence-corrected chi connectivity index (χ1v) is 7.82. The summed E-state index contributed by atoms with van der Waals surface area (Å²) in [6.07, 6.45) is 1.45. The van der Waals surface area contributed by atoms with Crippen LogP contribution in [0, 0.1) is 0 Å². The third-order valence-corrected chi connectivity index (χ3v) is 3.86. The molecule has 1 saturated heterocycles. The van der Waals surface area contributed by atoms with Crippen LogP contribution in [0.2, 0.25) is 0 Å². The molecule has 22 heavy (non-hydrogen) atoms. The topological polar surface area (TPSA) is 64.6 Å². The van der Waals surface area contributed by atoms with E-state index in [-0.39, 0.29) is 5.91 Å². The molecule has 1 aliphatic heterocycles. The van der Waals surface area contributed by atoms with Crippen LogP contribution >= 0.6 is 0 Å². The van der Waals surface area contributed by atoms with E-state index in [1.165, 1.54) is 6.33 Å². The van der Waals surface area contributed by atoms with Gasteiger partial charge in [-0.25, -0.2) is 9.97 Å². The largest absolute Gasteiger partial charge is 0.369 e. The van der Waals surface area contributed by atoms with E-state index in [0.717, 1.165) is 45.8 Å². The molecule has 122 valence electrons. The van der Waals surface area contributed by atoms with Crippen LogP contribution in [-0.4, -0.2) is 90.5 Å². The molecule has 1 aliphatic rings. The predicted octanol–water partition coefficient (Wildman–Crippen LogP) is 0.228. The molecule has 1 aromatic heterocycles. The van der Waals surface area contributed by atoms with E-state index < -0.39 is 0 Å². The first-order chi connectivity index (χ1) is 10.6. The monoisotopic (exact) mass is 306 g/mol. The van der Waals surface area contributed by atoms with Gasteiger partial charge in [-0.15, -0.1) is 0 Å². The lowest BCUT2D eigenvalue weighted by Gasteiger charge is -2.33. The maximum Gasteiger partial charge on any atom is 0.272 e. The number of anilines is 1. The summed E-state index contributed by atoms with van der Waals surface area (Å²) < 4.78 is 0. The molecular formula is C15H26N6O. The number of piperazine rings is 1. The fourth-order valence-corrected chi connectivity index (χ4v) is 2.41. The number of rotatable bonds is 6. The minimum Gasteiger partial charge on any atom is -0.369 e. The molecule has 1 N–H and O–H groups in total. The van der Waals surface area contributed by atoms with Crippen molar-refractivity contribution < 1.29 is 4.79 Å². The number of carbonyl (C=O) groups is 1. The third-order valence-electron chi connectivity index (χ3n) is 3.86. The van der Waals surface area contributed by atoms with E-state index >= 15 is 0 Å². The number of nitrogens with zero attached hydrogens (tertiary/aromatic N) is 5. The lowest BCUT2D eigenvalue weighted by molar-refractivity contribution is 0.0637. The van der Waals surface area contributed by atoms with Crippen LogP contribution in [0.5, 0.6) is 0 Å². The molecule has 7 heteroatoms. The molecule has 0 aromatic carbocycles. The van der Waals surface area contributed by atoms with Crippen molar-refractivity contribution in [3.8, 4) is 0 Å². The average Bonchev–Trinajstić information content (AvgIpc) is 2.54. The molecular weight excluding hydrogens is 280 g/mol. The van der Waals surface area contributed by atoms with Crippen LogP contribution in [0.25, 0.3) is 0 Å². The molecule has 0 radical (unpaired) electrons. The fourth-order valence-electron chi connectivity index (χ4n) is 2.41. The quantitative estimate of drug-likeness (QED) is 0.811. The Morgan fingerprint density at radius 1 is 1.27 bits per heavy atom. The van der Waals surface area contributed by atoms with Crippen molar-refractivity contribution in [2.24, 2.45) is 0 Å². The second-order valence-electron chi connectivity index (χ2n) is 5.75. The summed E-state index contributed by atoms with van der Waals surface area (Å²) in [6, 6.07) is 1.74. The lowest BCUT2D eigenvalue weighted by atomic mass is 10.2. The SMILES string of the molecule is CCN1CCN(C(=O)c2cc(NCCN(C)C)ncn2)CC1. The van der Waals surface area contributed by atoms with Crippen molar-refractivity contribution in [2.75, 3.05) is 65.2 Å². The fraction of sp³-hybridized carbons (Fsp3) is 0.667.